The van der Waals surface area contributed by atoms with Gasteiger partial charge in [0.15, 0.2) is 5.11 Å². The standard InChI is InChI=1S/C13H22N4S/c1-3-17(4-2)10-6-9-15-13(18)16-12-7-5-8-14-11-12/h5,7-8,11H,3-4,6,9-10H2,1-2H3,(H2,15,16,18). The van der Waals surface area contributed by atoms with Crippen LogP contribution in [0.3, 0.4) is 0 Å². The van der Waals surface area contributed by atoms with E-state index in [-0.39, 0.29) is 0 Å². The van der Waals surface area contributed by atoms with E-state index in [1.807, 2.05) is 12.1 Å². The number of hydrogen-bond donors (Lipinski definition) is 2. The van der Waals surface area contributed by atoms with Crippen molar-refractivity contribution in [3.8, 4) is 0 Å². The van der Waals surface area contributed by atoms with Crippen LogP contribution in [0.5, 0.6) is 0 Å². The molecule has 0 aliphatic heterocycles. The molecule has 0 bridgehead atoms. The average Bonchev–Trinajstić information content (AvgIpc) is 2.40. The highest BCUT2D eigenvalue weighted by Gasteiger charge is 1.99. The topological polar surface area (TPSA) is 40.2 Å². The second kappa shape index (κ2) is 8.83. The highest BCUT2D eigenvalue weighted by atomic mass is 32.1. The summed E-state index contributed by atoms with van der Waals surface area (Å²) in [5.41, 5.74) is 0.916. The molecule has 0 atom stereocenters. The van der Waals surface area contributed by atoms with Gasteiger partial charge < -0.3 is 15.5 Å². The fourth-order valence-electron chi connectivity index (χ4n) is 1.66. The number of nitrogens with zero attached hydrogens (tertiary/aromatic N) is 2. The van der Waals surface area contributed by atoms with E-state index >= 15 is 0 Å². The number of aromatic nitrogens is 1. The summed E-state index contributed by atoms with van der Waals surface area (Å²) < 4.78 is 0. The Labute approximate surface area is 115 Å². The number of pyridine rings is 1. The maximum Gasteiger partial charge on any atom is 0.170 e. The van der Waals surface area contributed by atoms with Gasteiger partial charge >= 0.3 is 0 Å². The van der Waals surface area contributed by atoms with Crippen LogP contribution in [-0.2, 0) is 0 Å². The highest BCUT2D eigenvalue weighted by molar-refractivity contribution is 7.80. The van der Waals surface area contributed by atoms with Gasteiger partial charge in [0.2, 0.25) is 0 Å². The molecule has 0 fully saturated rings. The second-order valence-corrected chi connectivity index (χ2v) is 4.41. The Bertz CT molecular complexity index is 338. The van der Waals surface area contributed by atoms with Gasteiger partial charge in [-0.25, -0.2) is 0 Å². The molecule has 0 spiro atoms. The zero-order valence-corrected chi connectivity index (χ0v) is 12.0. The van der Waals surface area contributed by atoms with Crippen molar-refractivity contribution in [1.82, 2.24) is 15.2 Å². The Morgan fingerprint density at radius 3 is 2.78 bits per heavy atom. The Balaban J connectivity index is 2.14. The van der Waals surface area contributed by atoms with Gasteiger partial charge in [0.25, 0.3) is 0 Å². The third-order valence-electron chi connectivity index (χ3n) is 2.75. The highest BCUT2D eigenvalue weighted by Crippen LogP contribution is 2.01. The summed E-state index contributed by atoms with van der Waals surface area (Å²) in [7, 11) is 0. The first-order valence-electron chi connectivity index (χ1n) is 6.43. The fraction of sp³-hybridized carbons (Fsp3) is 0.538. The molecule has 0 saturated carbocycles. The van der Waals surface area contributed by atoms with Crippen LogP contribution in [0.15, 0.2) is 24.5 Å². The molecule has 100 valence electrons. The molecule has 0 amide bonds. The summed E-state index contributed by atoms with van der Waals surface area (Å²) in [6, 6.07) is 3.82. The molecule has 1 aromatic heterocycles. The SMILES string of the molecule is CCN(CC)CCCNC(=S)Nc1cccnc1. The van der Waals surface area contributed by atoms with E-state index in [9.17, 15) is 0 Å². The van der Waals surface area contributed by atoms with Crippen LogP contribution >= 0.6 is 12.2 Å². The average molecular weight is 266 g/mol. The van der Waals surface area contributed by atoms with Crippen LogP contribution in [0, 0.1) is 0 Å². The van der Waals surface area contributed by atoms with E-state index in [1.54, 1.807) is 12.4 Å². The van der Waals surface area contributed by atoms with Gasteiger partial charge in [-0.15, -0.1) is 0 Å². The van der Waals surface area contributed by atoms with Crippen molar-refractivity contribution >= 4 is 23.0 Å². The molecule has 2 N–H and O–H groups in total. The first-order chi connectivity index (χ1) is 8.76. The van der Waals surface area contributed by atoms with Crippen molar-refractivity contribution in [3.63, 3.8) is 0 Å². The molecule has 0 saturated heterocycles. The molecule has 0 radical (unpaired) electrons. The van der Waals surface area contributed by atoms with Crippen LogP contribution in [0.1, 0.15) is 20.3 Å². The first kappa shape index (κ1) is 14.9. The zero-order valence-electron chi connectivity index (χ0n) is 11.1. The fourth-order valence-corrected chi connectivity index (χ4v) is 1.88. The Morgan fingerprint density at radius 2 is 2.17 bits per heavy atom. The zero-order chi connectivity index (χ0) is 13.2. The van der Waals surface area contributed by atoms with Crippen molar-refractivity contribution < 1.29 is 0 Å². The monoisotopic (exact) mass is 266 g/mol. The van der Waals surface area contributed by atoms with Crippen LogP contribution in [0.25, 0.3) is 0 Å². The largest absolute Gasteiger partial charge is 0.362 e. The molecular weight excluding hydrogens is 244 g/mol. The predicted octanol–water partition coefficient (Wildman–Crippen LogP) is 2.10. The molecule has 1 rings (SSSR count). The van der Waals surface area contributed by atoms with Gasteiger partial charge in [-0.1, -0.05) is 13.8 Å². The number of nitrogens with one attached hydrogen (secondary N) is 2. The molecule has 4 nitrogen and oxygen atoms in total. The summed E-state index contributed by atoms with van der Waals surface area (Å²) in [5, 5.41) is 6.96. The van der Waals surface area contributed by atoms with Gasteiger partial charge in [-0.05, 0) is 50.4 Å². The number of thiocarbonyl (C=S) groups is 1. The van der Waals surface area contributed by atoms with E-state index in [2.05, 4.69) is 34.4 Å². The van der Waals surface area contributed by atoms with Gasteiger partial charge in [0, 0.05) is 12.7 Å². The van der Waals surface area contributed by atoms with E-state index in [1.165, 1.54) is 0 Å². The summed E-state index contributed by atoms with van der Waals surface area (Å²) in [5.74, 6) is 0. The Morgan fingerprint density at radius 1 is 1.39 bits per heavy atom. The second-order valence-electron chi connectivity index (χ2n) is 4.00. The maximum absolute atomic E-state index is 5.21. The molecule has 0 aromatic carbocycles. The smallest absolute Gasteiger partial charge is 0.170 e. The molecule has 1 aromatic rings. The van der Waals surface area contributed by atoms with Crippen molar-refractivity contribution in [2.24, 2.45) is 0 Å². The van der Waals surface area contributed by atoms with E-state index in [4.69, 9.17) is 12.2 Å². The van der Waals surface area contributed by atoms with Crippen molar-refractivity contribution in [3.05, 3.63) is 24.5 Å². The number of hydrogen-bond acceptors (Lipinski definition) is 3. The molecule has 0 aliphatic carbocycles. The van der Waals surface area contributed by atoms with Crippen molar-refractivity contribution in [2.75, 3.05) is 31.5 Å². The lowest BCUT2D eigenvalue weighted by molar-refractivity contribution is 0.300. The van der Waals surface area contributed by atoms with Gasteiger partial charge in [0.05, 0.1) is 11.9 Å². The third kappa shape index (κ3) is 5.93. The van der Waals surface area contributed by atoms with Crippen LogP contribution in [0.2, 0.25) is 0 Å². The predicted molar refractivity (Wildman–Crippen MR) is 80.9 cm³/mol. The van der Waals surface area contributed by atoms with Gasteiger partial charge in [-0.3, -0.25) is 4.98 Å². The molecular formula is C13H22N4S. The minimum atomic E-state index is 0.655. The molecule has 1 heterocycles. The van der Waals surface area contributed by atoms with Crippen molar-refractivity contribution in [2.45, 2.75) is 20.3 Å². The van der Waals surface area contributed by atoms with Crippen LogP contribution in [0.4, 0.5) is 5.69 Å². The normalized spacial score (nSPS) is 10.4. The lowest BCUT2D eigenvalue weighted by Crippen LogP contribution is -2.32. The van der Waals surface area contributed by atoms with E-state index < -0.39 is 0 Å². The molecule has 5 heteroatoms. The maximum atomic E-state index is 5.21. The minimum absolute atomic E-state index is 0.655. The molecule has 0 unspecified atom stereocenters. The lowest BCUT2D eigenvalue weighted by Gasteiger charge is -2.18. The Kier molecular flexibility index (Phi) is 7.29. The number of anilines is 1. The molecule has 18 heavy (non-hydrogen) atoms. The van der Waals surface area contributed by atoms with Gasteiger partial charge in [-0.2, -0.15) is 0 Å². The van der Waals surface area contributed by atoms with E-state index in [0.29, 0.717) is 5.11 Å². The number of rotatable bonds is 7. The van der Waals surface area contributed by atoms with Crippen molar-refractivity contribution in [1.29, 1.82) is 0 Å². The summed E-state index contributed by atoms with van der Waals surface area (Å²) in [6.07, 6.45) is 4.59. The third-order valence-corrected chi connectivity index (χ3v) is 3.00. The summed E-state index contributed by atoms with van der Waals surface area (Å²) in [6.45, 7) is 8.58. The summed E-state index contributed by atoms with van der Waals surface area (Å²) >= 11 is 5.21. The minimum Gasteiger partial charge on any atom is -0.362 e. The van der Waals surface area contributed by atoms with E-state index in [0.717, 1.165) is 38.3 Å². The molecule has 0 aliphatic rings. The lowest BCUT2D eigenvalue weighted by atomic mass is 10.3. The summed E-state index contributed by atoms with van der Waals surface area (Å²) in [4.78, 5) is 6.43. The van der Waals surface area contributed by atoms with Crippen LogP contribution < -0.4 is 10.6 Å². The van der Waals surface area contributed by atoms with Gasteiger partial charge in [0.1, 0.15) is 0 Å². The first-order valence-corrected chi connectivity index (χ1v) is 6.84. The quantitative estimate of drug-likeness (QED) is 0.584. The Hall–Kier alpha value is -1.20. The van der Waals surface area contributed by atoms with Crippen LogP contribution in [-0.4, -0.2) is 41.2 Å².